The summed E-state index contributed by atoms with van der Waals surface area (Å²) < 4.78 is 90.2. The van der Waals surface area contributed by atoms with E-state index in [4.69, 9.17) is 22.1 Å². The zero-order valence-electron chi connectivity index (χ0n) is 21.7. The van der Waals surface area contributed by atoms with Crippen molar-refractivity contribution in [1.29, 1.82) is 0 Å². The Labute approximate surface area is 240 Å². The number of hydrogen-bond donors (Lipinski definition) is 3. The number of carbonyl (C=O) groups is 1. The minimum absolute atomic E-state index is 0.0385. The number of nitrogens with one attached hydrogen (secondary N) is 1. The fourth-order valence-electron chi connectivity index (χ4n) is 5.48. The van der Waals surface area contributed by atoms with Crippen LogP contribution in [0.25, 0.3) is 11.1 Å². The van der Waals surface area contributed by atoms with Crippen LogP contribution in [0.2, 0.25) is 5.02 Å². The maximum atomic E-state index is 14.4. The van der Waals surface area contributed by atoms with Crippen molar-refractivity contribution < 1.29 is 41.0 Å². The SMILES string of the molecule is Nc1nc(O[C@H](c2ccc(Cl)cc2-c2cc(F)c(F)c(F)c2)C(F)(F)F)cc(N2CCC3(CC2)CNC(C(=O)O)C3)n1. The second kappa shape index (κ2) is 11.1. The van der Waals surface area contributed by atoms with Gasteiger partial charge in [-0.05, 0) is 60.1 Å². The number of nitrogen functional groups attached to an aromatic ring is 1. The van der Waals surface area contributed by atoms with Crippen LogP contribution in [0, 0.1) is 22.9 Å². The van der Waals surface area contributed by atoms with Crippen molar-refractivity contribution in [2.45, 2.75) is 37.6 Å². The number of benzene rings is 2. The Morgan fingerprint density at radius 1 is 1.12 bits per heavy atom. The second-order valence-corrected chi connectivity index (χ2v) is 10.8. The van der Waals surface area contributed by atoms with Crippen LogP contribution in [0.15, 0.2) is 36.4 Å². The van der Waals surface area contributed by atoms with Crippen LogP contribution in [0.1, 0.15) is 30.9 Å². The number of nitrogens with zero attached hydrogens (tertiary/aromatic N) is 3. The Balaban J connectivity index is 1.44. The van der Waals surface area contributed by atoms with E-state index in [2.05, 4.69) is 15.3 Å². The molecule has 1 unspecified atom stereocenters. The van der Waals surface area contributed by atoms with Gasteiger partial charge in [0.2, 0.25) is 17.9 Å². The number of alkyl halides is 3. The Morgan fingerprint density at radius 3 is 2.38 bits per heavy atom. The van der Waals surface area contributed by atoms with Crippen molar-refractivity contribution in [2.24, 2.45) is 5.41 Å². The van der Waals surface area contributed by atoms with Gasteiger partial charge in [0.05, 0.1) is 0 Å². The minimum atomic E-state index is -5.05. The summed E-state index contributed by atoms with van der Waals surface area (Å²) in [5.41, 5.74) is 4.32. The first-order chi connectivity index (χ1) is 19.7. The quantitative estimate of drug-likeness (QED) is 0.246. The van der Waals surface area contributed by atoms with Gasteiger partial charge in [-0.1, -0.05) is 17.7 Å². The van der Waals surface area contributed by atoms with Gasteiger partial charge in [0, 0.05) is 36.3 Å². The molecule has 2 aliphatic rings. The molecule has 0 amide bonds. The van der Waals surface area contributed by atoms with Crippen molar-refractivity contribution in [2.75, 3.05) is 30.3 Å². The molecule has 2 aliphatic heterocycles. The summed E-state index contributed by atoms with van der Waals surface area (Å²) in [5.74, 6) is -6.52. The number of ether oxygens (including phenoxy) is 1. The predicted molar refractivity (Wildman–Crippen MR) is 141 cm³/mol. The van der Waals surface area contributed by atoms with Crippen LogP contribution in [0.4, 0.5) is 38.1 Å². The Morgan fingerprint density at radius 2 is 1.79 bits per heavy atom. The number of carboxylic acids is 1. The van der Waals surface area contributed by atoms with E-state index >= 15 is 0 Å². The summed E-state index contributed by atoms with van der Waals surface area (Å²) in [6.07, 6.45) is -6.03. The van der Waals surface area contributed by atoms with Gasteiger partial charge in [0.15, 0.2) is 17.5 Å². The number of halogens is 7. The lowest BCUT2D eigenvalue weighted by atomic mass is 9.76. The zero-order valence-corrected chi connectivity index (χ0v) is 22.4. The summed E-state index contributed by atoms with van der Waals surface area (Å²) in [4.78, 5) is 21.1. The van der Waals surface area contributed by atoms with E-state index in [0.717, 1.165) is 18.2 Å². The van der Waals surface area contributed by atoms with E-state index in [1.807, 2.05) is 0 Å². The van der Waals surface area contributed by atoms with Gasteiger partial charge in [-0.25, -0.2) is 13.2 Å². The molecule has 0 aliphatic carbocycles. The maximum Gasteiger partial charge on any atom is 0.429 e. The van der Waals surface area contributed by atoms with Crippen molar-refractivity contribution in [3.63, 3.8) is 0 Å². The number of anilines is 2. The van der Waals surface area contributed by atoms with Crippen molar-refractivity contribution >= 4 is 29.3 Å². The maximum absolute atomic E-state index is 14.4. The van der Waals surface area contributed by atoms with E-state index in [9.17, 15) is 36.2 Å². The van der Waals surface area contributed by atoms with Crippen LogP contribution >= 0.6 is 11.6 Å². The Bertz CT molecular complexity index is 1490. The van der Waals surface area contributed by atoms with Gasteiger partial charge in [0.25, 0.3) is 0 Å². The first-order valence-electron chi connectivity index (χ1n) is 12.8. The first-order valence-corrected chi connectivity index (χ1v) is 13.2. The Kier molecular flexibility index (Phi) is 7.88. The molecule has 2 fully saturated rings. The normalized spacial score (nSPS) is 19.2. The lowest BCUT2D eigenvalue weighted by Gasteiger charge is -2.39. The van der Waals surface area contributed by atoms with E-state index in [1.54, 1.807) is 4.90 Å². The molecule has 3 aromatic rings. The molecule has 15 heteroatoms. The third kappa shape index (κ3) is 6.04. The molecule has 5 rings (SSSR count). The van der Waals surface area contributed by atoms with E-state index in [-0.39, 0.29) is 27.8 Å². The number of carboxylic acid groups (broad SMARTS) is 1. The zero-order chi connectivity index (χ0) is 30.4. The highest BCUT2D eigenvalue weighted by atomic mass is 35.5. The molecule has 0 bridgehead atoms. The van der Waals surface area contributed by atoms with Crippen LogP contribution < -0.4 is 20.7 Å². The Hall–Kier alpha value is -3.78. The highest BCUT2D eigenvalue weighted by molar-refractivity contribution is 6.30. The molecule has 0 saturated carbocycles. The summed E-state index contributed by atoms with van der Waals surface area (Å²) in [5, 5.41) is 12.3. The molecule has 2 aromatic carbocycles. The van der Waals surface area contributed by atoms with E-state index < -0.39 is 58.7 Å². The second-order valence-electron chi connectivity index (χ2n) is 10.4. The average Bonchev–Trinajstić information content (AvgIpc) is 3.33. The van der Waals surface area contributed by atoms with Crippen molar-refractivity contribution in [3.05, 3.63) is 64.4 Å². The van der Waals surface area contributed by atoms with Crippen LogP contribution in [-0.4, -0.2) is 52.9 Å². The molecule has 224 valence electrons. The molecule has 1 spiro atoms. The highest BCUT2D eigenvalue weighted by Gasteiger charge is 2.46. The van der Waals surface area contributed by atoms with Gasteiger partial charge in [0.1, 0.15) is 11.9 Å². The molecule has 8 nitrogen and oxygen atoms in total. The third-order valence-electron chi connectivity index (χ3n) is 7.64. The molecule has 42 heavy (non-hydrogen) atoms. The van der Waals surface area contributed by atoms with Crippen molar-refractivity contribution in [3.8, 4) is 17.0 Å². The standard InChI is InChI=1S/C27H24ClF6N5O3/c28-14-1-2-15(16(9-14)13-7-17(29)22(31)18(30)8-13)23(27(32,33)34)42-21-10-20(37-25(35)38-21)39-5-3-26(4-6-39)11-19(24(40)41)36-12-26/h1-2,7-10,19,23,36H,3-6,11-12H2,(H,40,41)(H2,35,37,38)/t19?,23-/m1/s1. The number of hydrogen-bond acceptors (Lipinski definition) is 7. The van der Waals surface area contributed by atoms with E-state index in [1.165, 1.54) is 6.07 Å². The fourth-order valence-corrected chi connectivity index (χ4v) is 5.65. The highest BCUT2D eigenvalue weighted by Crippen LogP contribution is 2.43. The molecule has 3 heterocycles. The van der Waals surface area contributed by atoms with Crippen LogP contribution in [0.5, 0.6) is 5.88 Å². The number of piperidine rings is 1. The topological polar surface area (TPSA) is 114 Å². The van der Waals surface area contributed by atoms with Gasteiger partial charge in [-0.15, -0.1) is 0 Å². The van der Waals surface area contributed by atoms with Crippen LogP contribution in [-0.2, 0) is 4.79 Å². The van der Waals surface area contributed by atoms with Crippen LogP contribution in [0.3, 0.4) is 0 Å². The monoisotopic (exact) mass is 615 g/mol. The van der Waals surface area contributed by atoms with Gasteiger partial charge in [-0.3, -0.25) is 4.79 Å². The molecular weight excluding hydrogens is 592 g/mol. The summed E-state index contributed by atoms with van der Waals surface area (Å²) in [6, 6.07) is 4.88. The number of aliphatic carboxylic acids is 1. The molecule has 2 atom stereocenters. The summed E-state index contributed by atoms with van der Waals surface area (Å²) in [7, 11) is 0. The number of rotatable bonds is 6. The average molecular weight is 616 g/mol. The fraction of sp³-hybridized carbons (Fsp3) is 0.370. The molecule has 1 aromatic heterocycles. The lowest BCUT2D eigenvalue weighted by molar-refractivity contribution is -0.198. The van der Waals surface area contributed by atoms with Gasteiger partial charge < -0.3 is 25.8 Å². The number of nitrogens with two attached hydrogens (primary N) is 1. The molecule has 2 saturated heterocycles. The molecular formula is C27H24ClF6N5O3. The minimum Gasteiger partial charge on any atom is -0.480 e. The molecule has 4 N–H and O–H groups in total. The number of aromatic nitrogens is 2. The largest absolute Gasteiger partial charge is 0.480 e. The smallest absolute Gasteiger partial charge is 0.429 e. The van der Waals surface area contributed by atoms with Gasteiger partial charge in [-0.2, -0.15) is 23.1 Å². The summed E-state index contributed by atoms with van der Waals surface area (Å²) in [6.45, 7) is 1.42. The molecule has 0 radical (unpaired) electrons. The van der Waals surface area contributed by atoms with Gasteiger partial charge >= 0.3 is 12.1 Å². The van der Waals surface area contributed by atoms with Crippen molar-refractivity contribution in [1.82, 2.24) is 15.3 Å². The summed E-state index contributed by atoms with van der Waals surface area (Å²) >= 11 is 5.99. The third-order valence-corrected chi connectivity index (χ3v) is 7.88. The lowest BCUT2D eigenvalue weighted by Crippen LogP contribution is -2.41. The first kappa shape index (κ1) is 29.7. The van der Waals surface area contributed by atoms with E-state index in [0.29, 0.717) is 51.0 Å². The predicted octanol–water partition coefficient (Wildman–Crippen LogP) is 5.51.